The van der Waals surface area contributed by atoms with E-state index in [0.29, 0.717) is 12.7 Å². The van der Waals surface area contributed by atoms with Crippen molar-refractivity contribution in [3.63, 3.8) is 0 Å². The van der Waals surface area contributed by atoms with Gasteiger partial charge in [0, 0.05) is 6.42 Å². The number of benzene rings is 1. The molecule has 1 aromatic rings. The fourth-order valence-electron chi connectivity index (χ4n) is 2.21. The first-order valence-electron chi connectivity index (χ1n) is 7.06. The van der Waals surface area contributed by atoms with Crippen LogP contribution in [0.5, 0.6) is 0 Å². The molecule has 1 aliphatic rings. The van der Waals surface area contributed by atoms with Crippen LogP contribution in [0, 0.1) is 0 Å². The molecular formula is C16H24O2Si. The highest BCUT2D eigenvalue weighted by Crippen LogP contribution is 2.24. The zero-order valence-electron chi connectivity index (χ0n) is 12.2. The van der Waals surface area contributed by atoms with E-state index in [2.05, 4.69) is 50.0 Å². The van der Waals surface area contributed by atoms with Gasteiger partial charge in [-0.05, 0) is 44.1 Å². The van der Waals surface area contributed by atoms with Crippen molar-refractivity contribution in [3.05, 3.63) is 47.7 Å². The van der Waals surface area contributed by atoms with E-state index in [9.17, 15) is 0 Å². The Morgan fingerprint density at radius 2 is 1.89 bits per heavy atom. The van der Waals surface area contributed by atoms with Crippen molar-refractivity contribution < 1.29 is 9.16 Å². The average Bonchev–Trinajstić information content (AvgIpc) is 2.37. The molecule has 0 fully saturated rings. The van der Waals surface area contributed by atoms with Crippen LogP contribution in [0.2, 0.25) is 19.6 Å². The summed E-state index contributed by atoms with van der Waals surface area (Å²) < 4.78 is 12.0. The van der Waals surface area contributed by atoms with E-state index in [1.54, 1.807) is 0 Å². The van der Waals surface area contributed by atoms with Crippen molar-refractivity contribution in [3.8, 4) is 0 Å². The third-order valence-electron chi connectivity index (χ3n) is 3.09. The summed E-state index contributed by atoms with van der Waals surface area (Å²) in [5.41, 5.74) is 1.25. The topological polar surface area (TPSA) is 18.5 Å². The molecule has 2 rings (SSSR count). The summed E-state index contributed by atoms with van der Waals surface area (Å²) in [7, 11) is -1.45. The summed E-state index contributed by atoms with van der Waals surface area (Å²) in [6, 6.07) is 10.4. The van der Waals surface area contributed by atoms with Gasteiger partial charge in [-0.1, -0.05) is 30.3 Å². The number of allylic oxidation sites excluding steroid dienone is 1. The smallest absolute Gasteiger partial charge is 0.241 e. The van der Waals surface area contributed by atoms with E-state index >= 15 is 0 Å². The van der Waals surface area contributed by atoms with E-state index in [-0.39, 0.29) is 0 Å². The maximum atomic E-state index is 6.03. The normalized spacial score (nSPS) is 19.9. The van der Waals surface area contributed by atoms with Crippen LogP contribution in [0.15, 0.2) is 42.2 Å². The second-order valence-corrected chi connectivity index (χ2v) is 10.5. The van der Waals surface area contributed by atoms with Gasteiger partial charge >= 0.3 is 0 Å². The molecule has 19 heavy (non-hydrogen) atoms. The summed E-state index contributed by atoms with van der Waals surface area (Å²) in [4.78, 5) is 0. The summed E-state index contributed by atoms with van der Waals surface area (Å²) in [5, 5.41) is 0. The summed E-state index contributed by atoms with van der Waals surface area (Å²) in [6.07, 6.45) is 5.63. The van der Waals surface area contributed by atoms with Crippen molar-refractivity contribution in [1.29, 1.82) is 0 Å². The molecule has 104 valence electrons. The number of ether oxygens (including phenoxy) is 1. The molecule has 0 heterocycles. The zero-order chi connectivity index (χ0) is 13.7. The average molecular weight is 276 g/mol. The summed E-state index contributed by atoms with van der Waals surface area (Å²) in [5.74, 6) is 1.18. The molecule has 0 N–H and O–H groups in total. The van der Waals surface area contributed by atoms with Gasteiger partial charge in [-0.15, -0.1) is 0 Å². The van der Waals surface area contributed by atoms with Crippen LogP contribution in [-0.4, -0.2) is 14.4 Å². The van der Waals surface area contributed by atoms with Gasteiger partial charge in [0.25, 0.3) is 0 Å². The van der Waals surface area contributed by atoms with Crippen molar-refractivity contribution in [2.45, 2.75) is 51.6 Å². The first kappa shape index (κ1) is 14.3. The molecule has 0 aromatic heterocycles. The SMILES string of the molecule is C[Si](C)(C)OC1=CC[C@H](OCc2ccccc2)CC1. The Bertz CT molecular complexity index is 420. The van der Waals surface area contributed by atoms with Crippen LogP contribution >= 0.6 is 0 Å². The Kier molecular flexibility index (Phi) is 4.83. The van der Waals surface area contributed by atoms with E-state index in [1.165, 1.54) is 11.3 Å². The Labute approximate surface area is 117 Å². The lowest BCUT2D eigenvalue weighted by atomic mass is 10.0. The van der Waals surface area contributed by atoms with Crippen LogP contribution in [0.25, 0.3) is 0 Å². The first-order valence-corrected chi connectivity index (χ1v) is 10.5. The van der Waals surface area contributed by atoms with E-state index < -0.39 is 8.32 Å². The molecule has 1 aliphatic carbocycles. The molecule has 0 radical (unpaired) electrons. The second kappa shape index (κ2) is 6.39. The molecule has 0 spiro atoms. The Balaban J connectivity index is 1.77. The molecule has 3 heteroatoms. The van der Waals surface area contributed by atoms with Crippen molar-refractivity contribution in [2.75, 3.05) is 0 Å². The minimum absolute atomic E-state index is 0.342. The van der Waals surface area contributed by atoms with E-state index in [0.717, 1.165) is 19.3 Å². The van der Waals surface area contributed by atoms with Gasteiger partial charge < -0.3 is 9.16 Å². The molecule has 0 amide bonds. The molecule has 0 saturated heterocycles. The summed E-state index contributed by atoms with van der Waals surface area (Å²) >= 11 is 0. The van der Waals surface area contributed by atoms with Gasteiger partial charge in [0.05, 0.1) is 18.5 Å². The van der Waals surface area contributed by atoms with Gasteiger partial charge in [0.2, 0.25) is 8.32 Å². The van der Waals surface area contributed by atoms with Crippen LogP contribution in [-0.2, 0) is 15.8 Å². The number of rotatable bonds is 5. The molecule has 1 aromatic carbocycles. The molecular weight excluding hydrogens is 252 g/mol. The molecule has 0 bridgehead atoms. The fourth-order valence-corrected chi connectivity index (χ4v) is 3.18. The molecule has 0 saturated carbocycles. The number of hydrogen-bond acceptors (Lipinski definition) is 2. The lowest BCUT2D eigenvalue weighted by molar-refractivity contribution is 0.0311. The second-order valence-electron chi connectivity index (χ2n) is 6.08. The van der Waals surface area contributed by atoms with Gasteiger partial charge in [-0.2, -0.15) is 0 Å². The largest absolute Gasteiger partial charge is 0.548 e. The quantitative estimate of drug-likeness (QED) is 0.738. The van der Waals surface area contributed by atoms with Gasteiger partial charge in [-0.25, -0.2) is 0 Å². The van der Waals surface area contributed by atoms with E-state index in [4.69, 9.17) is 9.16 Å². The monoisotopic (exact) mass is 276 g/mol. The third kappa shape index (κ3) is 5.21. The van der Waals surface area contributed by atoms with Crippen LogP contribution in [0.3, 0.4) is 0 Å². The van der Waals surface area contributed by atoms with Crippen LogP contribution in [0.1, 0.15) is 24.8 Å². The van der Waals surface area contributed by atoms with Crippen molar-refractivity contribution in [2.24, 2.45) is 0 Å². The number of hydrogen-bond donors (Lipinski definition) is 0. The predicted octanol–water partition coefficient (Wildman–Crippen LogP) is 4.49. The lowest BCUT2D eigenvalue weighted by Crippen LogP contribution is -2.27. The lowest BCUT2D eigenvalue weighted by Gasteiger charge is -2.27. The highest BCUT2D eigenvalue weighted by atomic mass is 28.4. The highest BCUT2D eigenvalue weighted by molar-refractivity contribution is 6.70. The van der Waals surface area contributed by atoms with Gasteiger partial charge in [-0.3, -0.25) is 0 Å². The maximum Gasteiger partial charge on any atom is 0.241 e. The molecule has 0 aliphatic heterocycles. The van der Waals surface area contributed by atoms with Crippen LogP contribution in [0.4, 0.5) is 0 Å². The van der Waals surface area contributed by atoms with Gasteiger partial charge in [0.15, 0.2) is 0 Å². The molecule has 0 unspecified atom stereocenters. The third-order valence-corrected chi connectivity index (χ3v) is 3.96. The molecule has 1 atom stereocenters. The minimum Gasteiger partial charge on any atom is -0.548 e. The van der Waals surface area contributed by atoms with Crippen molar-refractivity contribution >= 4 is 8.32 Å². The Morgan fingerprint density at radius 1 is 1.16 bits per heavy atom. The highest BCUT2D eigenvalue weighted by Gasteiger charge is 2.21. The first-order chi connectivity index (χ1) is 9.03. The molecule has 2 nitrogen and oxygen atoms in total. The van der Waals surface area contributed by atoms with Gasteiger partial charge in [0.1, 0.15) is 0 Å². The minimum atomic E-state index is -1.45. The fraction of sp³-hybridized carbons (Fsp3) is 0.500. The van der Waals surface area contributed by atoms with E-state index in [1.807, 2.05) is 6.07 Å². The van der Waals surface area contributed by atoms with Crippen molar-refractivity contribution in [1.82, 2.24) is 0 Å². The van der Waals surface area contributed by atoms with Crippen LogP contribution < -0.4 is 0 Å². The Morgan fingerprint density at radius 3 is 2.47 bits per heavy atom. The predicted molar refractivity (Wildman–Crippen MR) is 81.4 cm³/mol. The Hall–Kier alpha value is -1.06. The maximum absolute atomic E-state index is 6.03. The zero-order valence-corrected chi connectivity index (χ0v) is 13.2. The summed E-state index contributed by atoms with van der Waals surface area (Å²) in [6.45, 7) is 7.40. The standard InChI is InChI=1S/C16H24O2Si/c1-19(2,3)18-16-11-9-15(10-12-16)17-13-14-7-5-4-6-8-14/h4-8,11,15H,9-10,12-13H2,1-3H3/t15-/m0/s1.